The Morgan fingerprint density at radius 2 is 1.64 bits per heavy atom. The first-order valence-electron chi connectivity index (χ1n) is 12.3. The summed E-state index contributed by atoms with van der Waals surface area (Å²) < 4.78 is 23.8. The number of anilines is 2. The number of carbonyl (C=O) groups excluding carboxylic acids is 2. The lowest BCUT2D eigenvalue weighted by Gasteiger charge is -2.36. The highest BCUT2D eigenvalue weighted by atomic mass is 32.2. The molecule has 1 aliphatic rings. The summed E-state index contributed by atoms with van der Waals surface area (Å²) in [5.74, 6) is 0.535. The van der Waals surface area contributed by atoms with Crippen LogP contribution in [0.25, 0.3) is 11.5 Å². The molecule has 3 aromatic carbocycles. The average molecular weight is 548 g/mol. The molecule has 39 heavy (non-hydrogen) atoms. The molecule has 2 amide bonds. The van der Waals surface area contributed by atoms with Gasteiger partial charge in [-0.3, -0.25) is 9.59 Å². The Bertz CT molecular complexity index is 1420. The van der Waals surface area contributed by atoms with E-state index in [1.807, 2.05) is 29.2 Å². The molecular formula is C28H26FN5O4S. The van der Waals surface area contributed by atoms with E-state index in [1.165, 1.54) is 12.1 Å². The summed E-state index contributed by atoms with van der Waals surface area (Å²) in [6.07, 6.45) is 0. The van der Waals surface area contributed by atoms with Gasteiger partial charge in [-0.15, -0.1) is 10.2 Å². The number of rotatable bonds is 8. The van der Waals surface area contributed by atoms with Gasteiger partial charge in [0.2, 0.25) is 11.8 Å². The Morgan fingerprint density at radius 3 is 2.31 bits per heavy atom. The van der Waals surface area contributed by atoms with Crippen LogP contribution in [0.1, 0.15) is 10.4 Å². The number of halogens is 1. The van der Waals surface area contributed by atoms with E-state index in [4.69, 9.17) is 9.15 Å². The van der Waals surface area contributed by atoms with Gasteiger partial charge in [-0.2, -0.15) is 0 Å². The number of thioether (sulfide) groups is 1. The quantitative estimate of drug-likeness (QED) is 0.320. The maximum atomic E-state index is 13.1. The van der Waals surface area contributed by atoms with E-state index in [1.54, 1.807) is 43.5 Å². The predicted molar refractivity (Wildman–Crippen MR) is 147 cm³/mol. The van der Waals surface area contributed by atoms with Crippen LogP contribution < -0.4 is 15.0 Å². The first-order valence-corrected chi connectivity index (χ1v) is 13.3. The van der Waals surface area contributed by atoms with Crippen molar-refractivity contribution in [3.8, 4) is 17.2 Å². The van der Waals surface area contributed by atoms with E-state index in [0.29, 0.717) is 43.0 Å². The summed E-state index contributed by atoms with van der Waals surface area (Å²) in [5.41, 5.74) is 2.95. The number of hydrogen-bond acceptors (Lipinski definition) is 8. The molecule has 0 radical (unpaired) electrons. The Labute approximate surface area is 229 Å². The summed E-state index contributed by atoms with van der Waals surface area (Å²) in [7, 11) is 1.60. The zero-order valence-electron chi connectivity index (χ0n) is 21.2. The number of piperazine rings is 1. The van der Waals surface area contributed by atoms with Gasteiger partial charge in [-0.25, -0.2) is 4.39 Å². The molecule has 5 rings (SSSR count). The number of methoxy groups -OCH3 is 1. The van der Waals surface area contributed by atoms with Gasteiger partial charge in [-0.05, 0) is 72.8 Å². The van der Waals surface area contributed by atoms with Crippen LogP contribution in [-0.4, -0.2) is 66.0 Å². The van der Waals surface area contributed by atoms with Crippen LogP contribution in [-0.2, 0) is 4.79 Å². The van der Waals surface area contributed by atoms with Gasteiger partial charge < -0.3 is 24.3 Å². The van der Waals surface area contributed by atoms with E-state index in [0.717, 1.165) is 23.2 Å². The van der Waals surface area contributed by atoms with Crippen LogP contribution in [0.5, 0.6) is 5.75 Å². The van der Waals surface area contributed by atoms with Crippen molar-refractivity contribution in [2.24, 2.45) is 0 Å². The second kappa shape index (κ2) is 12.0. The van der Waals surface area contributed by atoms with Gasteiger partial charge in [0, 0.05) is 48.7 Å². The Hall–Kier alpha value is -4.38. The number of nitrogens with zero attached hydrogens (tertiary/aromatic N) is 4. The maximum absolute atomic E-state index is 13.1. The highest BCUT2D eigenvalue weighted by Crippen LogP contribution is 2.24. The van der Waals surface area contributed by atoms with Crippen LogP contribution in [0, 0.1) is 5.82 Å². The molecule has 0 bridgehead atoms. The largest absolute Gasteiger partial charge is 0.497 e. The number of aromatic nitrogens is 2. The molecule has 1 aliphatic heterocycles. The monoisotopic (exact) mass is 547 g/mol. The first kappa shape index (κ1) is 26.2. The molecule has 0 unspecified atom stereocenters. The van der Waals surface area contributed by atoms with Crippen molar-refractivity contribution in [1.29, 1.82) is 0 Å². The first-order chi connectivity index (χ1) is 19.0. The molecule has 0 saturated carbocycles. The smallest absolute Gasteiger partial charge is 0.277 e. The highest BCUT2D eigenvalue weighted by molar-refractivity contribution is 7.99. The summed E-state index contributed by atoms with van der Waals surface area (Å²) in [6, 6.07) is 20.5. The molecule has 200 valence electrons. The lowest BCUT2D eigenvalue weighted by molar-refractivity contribution is -0.113. The SMILES string of the molecule is COc1ccc(C(=O)N2CCN(c3ccc(NC(=O)CSc4nnc(-c5ccc(F)cc5)o4)cc3)CC2)cc1. The Kier molecular flexibility index (Phi) is 8.07. The average Bonchev–Trinajstić information content (AvgIpc) is 3.46. The van der Waals surface area contributed by atoms with Gasteiger partial charge in [0.25, 0.3) is 11.1 Å². The molecule has 1 saturated heterocycles. The van der Waals surface area contributed by atoms with Crippen molar-refractivity contribution in [2.45, 2.75) is 5.22 Å². The van der Waals surface area contributed by atoms with Crippen LogP contribution >= 0.6 is 11.8 Å². The van der Waals surface area contributed by atoms with Crippen LogP contribution in [0.15, 0.2) is 82.4 Å². The standard InChI is InChI=1S/C28H26FN5O4S/c1-37-24-12-4-20(5-13-24)27(36)34-16-14-33(15-17-34)23-10-8-22(9-11-23)30-25(35)18-39-28-32-31-26(38-28)19-2-6-21(29)7-3-19/h2-13H,14-18H2,1H3,(H,30,35). The minimum Gasteiger partial charge on any atom is -0.497 e. The number of nitrogens with one attached hydrogen (secondary N) is 1. The van der Waals surface area contributed by atoms with E-state index >= 15 is 0 Å². The predicted octanol–water partition coefficient (Wildman–Crippen LogP) is 4.58. The normalized spacial score (nSPS) is 13.3. The van der Waals surface area contributed by atoms with Crippen molar-refractivity contribution in [2.75, 3.05) is 49.3 Å². The van der Waals surface area contributed by atoms with Crippen molar-refractivity contribution in [3.63, 3.8) is 0 Å². The molecule has 0 aliphatic carbocycles. The third kappa shape index (κ3) is 6.55. The lowest BCUT2D eigenvalue weighted by Crippen LogP contribution is -2.48. The summed E-state index contributed by atoms with van der Waals surface area (Å²) >= 11 is 1.12. The summed E-state index contributed by atoms with van der Waals surface area (Å²) in [5, 5.41) is 11.0. The number of ether oxygens (including phenoxy) is 1. The van der Waals surface area contributed by atoms with E-state index in [9.17, 15) is 14.0 Å². The fraction of sp³-hybridized carbons (Fsp3) is 0.214. The second-order valence-electron chi connectivity index (χ2n) is 8.77. The van der Waals surface area contributed by atoms with E-state index in [2.05, 4.69) is 20.4 Å². The topological polar surface area (TPSA) is 101 Å². The van der Waals surface area contributed by atoms with Gasteiger partial charge in [0.15, 0.2) is 0 Å². The van der Waals surface area contributed by atoms with Gasteiger partial charge in [-0.1, -0.05) is 11.8 Å². The molecular weight excluding hydrogens is 521 g/mol. The highest BCUT2D eigenvalue weighted by Gasteiger charge is 2.22. The molecule has 0 spiro atoms. The van der Waals surface area contributed by atoms with Crippen molar-refractivity contribution in [1.82, 2.24) is 15.1 Å². The van der Waals surface area contributed by atoms with Crippen molar-refractivity contribution in [3.05, 3.63) is 84.2 Å². The third-order valence-corrected chi connectivity index (χ3v) is 7.06. The van der Waals surface area contributed by atoms with Gasteiger partial charge in [0.1, 0.15) is 11.6 Å². The number of hydrogen-bond donors (Lipinski definition) is 1. The van der Waals surface area contributed by atoms with Crippen LogP contribution in [0.3, 0.4) is 0 Å². The fourth-order valence-corrected chi connectivity index (χ4v) is 4.70. The van der Waals surface area contributed by atoms with E-state index < -0.39 is 0 Å². The van der Waals surface area contributed by atoms with Crippen molar-refractivity contribution < 1.29 is 23.1 Å². The van der Waals surface area contributed by atoms with Crippen molar-refractivity contribution >= 4 is 35.0 Å². The fourth-order valence-electron chi connectivity index (χ4n) is 4.14. The number of amides is 2. The molecule has 1 fully saturated rings. The molecule has 9 nitrogen and oxygen atoms in total. The van der Waals surface area contributed by atoms with Gasteiger partial charge in [0.05, 0.1) is 12.9 Å². The minimum absolute atomic E-state index is 0.0143. The molecule has 2 heterocycles. The third-order valence-electron chi connectivity index (χ3n) is 6.24. The van der Waals surface area contributed by atoms with Crippen LogP contribution in [0.2, 0.25) is 0 Å². The molecule has 1 aromatic heterocycles. The summed E-state index contributed by atoms with van der Waals surface area (Å²) in [6.45, 7) is 2.68. The Morgan fingerprint density at radius 1 is 0.949 bits per heavy atom. The molecule has 0 atom stereocenters. The molecule has 11 heteroatoms. The zero-order chi connectivity index (χ0) is 27.2. The zero-order valence-corrected chi connectivity index (χ0v) is 22.0. The van der Waals surface area contributed by atoms with Crippen LogP contribution in [0.4, 0.5) is 15.8 Å². The molecule has 4 aromatic rings. The lowest BCUT2D eigenvalue weighted by atomic mass is 10.1. The Balaban J connectivity index is 1.08. The molecule has 1 N–H and O–H groups in total. The summed E-state index contributed by atoms with van der Waals surface area (Å²) in [4.78, 5) is 29.3. The van der Waals surface area contributed by atoms with E-state index in [-0.39, 0.29) is 34.5 Å². The number of benzene rings is 3. The number of carbonyl (C=O) groups is 2. The maximum Gasteiger partial charge on any atom is 0.277 e. The minimum atomic E-state index is -0.350. The second-order valence-corrected chi connectivity index (χ2v) is 9.70. The van der Waals surface area contributed by atoms with Gasteiger partial charge >= 0.3 is 0 Å².